The molecule has 0 bridgehead atoms. The lowest BCUT2D eigenvalue weighted by molar-refractivity contribution is 0.411. The van der Waals surface area contributed by atoms with Gasteiger partial charge in [-0.3, -0.25) is 0 Å². The smallest absolute Gasteiger partial charge is 0.146 e. The molecule has 0 radical (unpaired) electrons. The Bertz CT molecular complexity index is 1040. The molecule has 0 atom stereocenters. The van der Waals surface area contributed by atoms with E-state index in [1.165, 1.54) is 31.8 Å². The van der Waals surface area contributed by atoms with Crippen molar-refractivity contribution in [3.63, 3.8) is 0 Å². The van der Waals surface area contributed by atoms with Gasteiger partial charge in [0.2, 0.25) is 0 Å². The van der Waals surface area contributed by atoms with Gasteiger partial charge in [-0.1, -0.05) is 50.6 Å². The van der Waals surface area contributed by atoms with Gasteiger partial charge in [0.25, 0.3) is 0 Å². The molecule has 2 aromatic carbocycles. The van der Waals surface area contributed by atoms with Gasteiger partial charge in [0, 0.05) is 21.7 Å². The van der Waals surface area contributed by atoms with Crippen molar-refractivity contribution in [2.45, 2.75) is 27.2 Å². The van der Waals surface area contributed by atoms with Crippen LogP contribution >= 0.6 is 22.9 Å². The van der Waals surface area contributed by atoms with Crippen LogP contribution in [0.25, 0.3) is 30.9 Å². The topological polar surface area (TPSA) is 12.9 Å². The summed E-state index contributed by atoms with van der Waals surface area (Å²) in [7, 11) is 0. The molecule has 1 nitrogen and oxygen atoms in total. The fourth-order valence-corrected chi connectivity index (χ4v) is 4.57. The van der Waals surface area contributed by atoms with E-state index in [2.05, 4.69) is 62.2 Å². The largest absolute Gasteiger partial charge is 0.243 e. The van der Waals surface area contributed by atoms with Crippen molar-refractivity contribution in [1.29, 1.82) is 0 Å². The second-order valence-corrected chi connectivity index (χ2v) is 8.76. The number of halogens is 1. The van der Waals surface area contributed by atoms with E-state index < -0.39 is 0 Å². The molecule has 0 aliphatic heterocycles. The van der Waals surface area contributed by atoms with Crippen LogP contribution in [0.1, 0.15) is 26.3 Å². The van der Waals surface area contributed by atoms with E-state index in [0.717, 1.165) is 11.1 Å². The number of thiophene rings is 1. The quantitative estimate of drug-likeness (QED) is 0.346. The average molecular weight is 340 g/mol. The van der Waals surface area contributed by atoms with Crippen LogP contribution in [0.5, 0.6) is 0 Å². The predicted octanol–water partition coefficient (Wildman–Crippen LogP) is 6.84. The molecular weight excluding hydrogens is 322 g/mol. The fourth-order valence-electron chi connectivity index (χ4n) is 3.19. The lowest BCUT2D eigenvalue weighted by Crippen LogP contribution is -2.08. The summed E-state index contributed by atoms with van der Waals surface area (Å²) in [5.41, 5.74) is 1.69. The third-order valence-corrected chi connectivity index (χ3v) is 5.67. The number of rotatable bonds is 1. The Morgan fingerprint density at radius 2 is 1.83 bits per heavy atom. The molecule has 0 fully saturated rings. The van der Waals surface area contributed by atoms with Gasteiger partial charge in [0.05, 0.1) is 4.70 Å². The van der Waals surface area contributed by atoms with E-state index in [9.17, 15) is 0 Å². The number of benzene rings is 2. The van der Waals surface area contributed by atoms with Gasteiger partial charge in [-0.15, -0.1) is 11.3 Å². The van der Waals surface area contributed by atoms with Gasteiger partial charge in [-0.25, -0.2) is 4.98 Å². The third-order valence-electron chi connectivity index (χ3n) is 4.10. The molecular formula is C20H18ClNS. The van der Waals surface area contributed by atoms with Gasteiger partial charge >= 0.3 is 0 Å². The predicted molar refractivity (Wildman–Crippen MR) is 103 cm³/mol. The zero-order chi connectivity index (χ0) is 16.2. The minimum Gasteiger partial charge on any atom is -0.243 e. The lowest BCUT2D eigenvalue weighted by atomic mass is 9.87. The maximum absolute atomic E-state index is 6.26. The summed E-state index contributed by atoms with van der Waals surface area (Å²) >= 11 is 7.98. The normalized spacial score (nSPS) is 12.5. The molecule has 116 valence electrons. The lowest BCUT2D eigenvalue weighted by Gasteiger charge is -2.18. The number of aromatic nitrogens is 1. The second-order valence-electron chi connectivity index (χ2n) is 7.35. The van der Waals surface area contributed by atoms with Crippen molar-refractivity contribution >= 4 is 53.9 Å². The monoisotopic (exact) mass is 339 g/mol. The fraction of sp³-hybridized carbons (Fsp3) is 0.250. The van der Waals surface area contributed by atoms with E-state index in [4.69, 9.17) is 11.6 Å². The van der Waals surface area contributed by atoms with Gasteiger partial charge in [0.15, 0.2) is 0 Å². The van der Waals surface area contributed by atoms with E-state index in [1.54, 1.807) is 17.5 Å². The van der Waals surface area contributed by atoms with Gasteiger partial charge in [0.1, 0.15) is 5.15 Å². The third kappa shape index (κ3) is 2.71. The van der Waals surface area contributed by atoms with Crippen molar-refractivity contribution in [3.05, 3.63) is 53.3 Å². The summed E-state index contributed by atoms with van der Waals surface area (Å²) in [6.45, 7) is 6.84. The maximum Gasteiger partial charge on any atom is 0.146 e. The molecule has 0 saturated carbocycles. The minimum absolute atomic E-state index is 0.298. The van der Waals surface area contributed by atoms with Crippen LogP contribution in [0, 0.1) is 5.41 Å². The summed E-state index contributed by atoms with van der Waals surface area (Å²) in [5.74, 6) is 0. The van der Waals surface area contributed by atoms with Crippen molar-refractivity contribution in [2.75, 3.05) is 0 Å². The van der Waals surface area contributed by atoms with Crippen LogP contribution in [-0.2, 0) is 6.42 Å². The Hall–Kier alpha value is -1.64. The summed E-state index contributed by atoms with van der Waals surface area (Å²) in [6.07, 6.45) is 2.87. The summed E-state index contributed by atoms with van der Waals surface area (Å²) in [5, 5.41) is 5.65. The molecule has 0 saturated heterocycles. The Morgan fingerprint density at radius 3 is 2.61 bits per heavy atom. The first-order valence-corrected chi connectivity index (χ1v) is 9.00. The van der Waals surface area contributed by atoms with Crippen molar-refractivity contribution in [3.8, 4) is 0 Å². The van der Waals surface area contributed by atoms with Gasteiger partial charge in [-0.2, -0.15) is 0 Å². The SMILES string of the molecule is CC(C)(C)Cc1ccc2cc3sc4c(Cl)nccc4c3cc2c1. The van der Waals surface area contributed by atoms with E-state index in [0.29, 0.717) is 10.6 Å². The number of nitrogens with zero attached hydrogens (tertiary/aromatic N) is 1. The van der Waals surface area contributed by atoms with Crippen molar-refractivity contribution < 1.29 is 0 Å². The highest BCUT2D eigenvalue weighted by atomic mass is 35.5. The molecule has 4 rings (SSSR count). The maximum atomic E-state index is 6.26. The first-order chi connectivity index (χ1) is 10.9. The number of hydrogen-bond acceptors (Lipinski definition) is 2. The molecule has 0 amide bonds. The van der Waals surface area contributed by atoms with E-state index in [-0.39, 0.29) is 0 Å². The Kier molecular flexibility index (Phi) is 3.36. The van der Waals surface area contributed by atoms with Gasteiger partial charge < -0.3 is 0 Å². The van der Waals surface area contributed by atoms with Crippen LogP contribution < -0.4 is 0 Å². The standard InChI is InChI=1S/C20H18ClNS/c1-20(2,3)11-12-4-5-13-10-17-16(9-14(13)8-12)15-6-7-22-19(21)18(15)23-17/h4-10H,11H2,1-3H3. The zero-order valence-corrected chi connectivity index (χ0v) is 15.1. The molecule has 0 aliphatic carbocycles. The first-order valence-electron chi connectivity index (χ1n) is 7.80. The molecule has 0 spiro atoms. The highest BCUT2D eigenvalue weighted by Crippen LogP contribution is 2.39. The van der Waals surface area contributed by atoms with E-state index in [1.807, 2.05) is 0 Å². The zero-order valence-electron chi connectivity index (χ0n) is 13.5. The summed E-state index contributed by atoms with van der Waals surface area (Å²) in [6, 6.07) is 13.4. The number of pyridine rings is 1. The van der Waals surface area contributed by atoms with Crippen LogP contribution in [-0.4, -0.2) is 4.98 Å². The minimum atomic E-state index is 0.298. The molecule has 3 heteroatoms. The molecule has 4 aromatic rings. The summed E-state index contributed by atoms with van der Waals surface area (Å²) < 4.78 is 2.35. The second kappa shape index (κ2) is 5.19. The van der Waals surface area contributed by atoms with Crippen molar-refractivity contribution in [1.82, 2.24) is 4.98 Å². The molecule has 0 aliphatic rings. The number of fused-ring (bicyclic) bond motifs is 4. The summed E-state index contributed by atoms with van der Waals surface area (Å²) in [4.78, 5) is 4.20. The molecule has 0 unspecified atom stereocenters. The Labute approximate surface area is 144 Å². The molecule has 2 heterocycles. The van der Waals surface area contributed by atoms with Crippen LogP contribution in [0.2, 0.25) is 5.15 Å². The molecule has 2 aromatic heterocycles. The first kappa shape index (κ1) is 14.9. The number of hydrogen-bond donors (Lipinski definition) is 0. The van der Waals surface area contributed by atoms with Crippen molar-refractivity contribution in [2.24, 2.45) is 5.41 Å². The van der Waals surface area contributed by atoms with Gasteiger partial charge in [-0.05, 0) is 46.4 Å². The highest BCUT2D eigenvalue weighted by molar-refractivity contribution is 7.26. The van der Waals surface area contributed by atoms with E-state index >= 15 is 0 Å². The van der Waals surface area contributed by atoms with Crippen LogP contribution in [0.15, 0.2) is 42.6 Å². The molecule has 0 N–H and O–H groups in total. The Balaban J connectivity index is 1.97. The molecule has 23 heavy (non-hydrogen) atoms. The van der Waals surface area contributed by atoms with Crippen LogP contribution in [0.4, 0.5) is 0 Å². The highest BCUT2D eigenvalue weighted by Gasteiger charge is 2.13. The average Bonchev–Trinajstić information content (AvgIpc) is 2.83. The Morgan fingerprint density at radius 1 is 1.00 bits per heavy atom. The van der Waals surface area contributed by atoms with Crippen LogP contribution in [0.3, 0.4) is 0 Å².